The zero-order valence-corrected chi connectivity index (χ0v) is 19.9. The van der Waals surface area contributed by atoms with Crippen LogP contribution < -0.4 is 20.3 Å². The smallest absolute Gasteiger partial charge is 0.241 e. The van der Waals surface area contributed by atoms with Crippen LogP contribution in [0.2, 0.25) is 0 Å². The first-order valence-electron chi connectivity index (χ1n) is 10.8. The number of carbonyl (C=O) groups excluding carboxylic acids is 1. The van der Waals surface area contributed by atoms with Crippen molar-refractivity contribution in [3.63, 3.8) is 0 Å². The number of rotatable bonds is 8. The Labute approximate surface area is 190 Å². The van der Waals surface area contributed by atoms with E-state index in [0.29, 0.717) is 5.82 Å². The molecule has 0 bridgehead atoms. The number of aromatic nitrogens is 2. The Hall–Kier alpha value is -2.72. The lowest BCUT2D eigenvalue weighted by Crippen LogP contribution is -2.44. The molecule has 1 fully saturated rings. The van der Waals surface area contributed by atoms with Crippen molar-refractivity contribution < 1.29 is 13.2 Å². The largest absolute Gasteiger partial charge is 0.367 e. The molecule has 1 saturated carbocycles. The molecule has 2 aromatic rings. The Bertz CT molecular complexity index is 1030. The van der Waals surface area contributed by atoms with Crippen molar-refractivity contribution in [2.75, 3.05) is 30.9 Å². The van der Waals surface area contributed by atoms with Crippen molar-refractivity contribution in [1.82, 2.24) is 20.0 Å². The van der Waals surface area contributed by atoms with Crippen molar-refractivity contribution in [2.24, 2.45) is 0 Å². The van der Waals surface area contributed by atoms with Crippen LogP contribution in [0.3, 0.4) is 0 Å². The molecule has 0 aliphatic heterocycles. The van der Waals surface area contributed by atoms with Crippen LogP contribution in [-0.2, 0) is 14.8 Å². The fourth-order valence-corrected chi connectivity index (χ4v) is 4.67. The SMILES string of the molecule is Cc1ccc(S(=O)(=O)NCC(=O)NC2CCC(Nc3cc(N(C)C)nc(C)n3)CC2)cc1. The second-order valence-corrected chi connectivity index (χ2v) is 10.2. The summed E-state index contributed by atoms with van der Waals surface area (Å²) in [5.74, 6) is 2.06. The molecule has 10 heteroatoms. The summed E-state index contributed by atoms with van der Waals surface area (Å²) in [6.07, 6.45) is 3.41. The third-order valence-electron chi connectivity index (χ3n) is 5.48. The number of nitrogens with zero attached hydrogens (tertiary/aromatic N) is 3. The number of benzene rings is 1. The fraction of sp³-hybridized carbons (Fsp3) is 0.500. The Morgan fingerprint density at radius 2 is 1.66 bits per heavy atom. The van der Waals surface area contributed by atoms with Gasteiger partial charge in [0.2, 0.25) is 15.9 Å². The molecule has 1 amide bonds. The first kappa shape index (κ1) is 23.9. The van der Waals surface area contributed by atoms with E-state index in [9.17, 15) is 13.2 Å². The molecule has 1 aliphatic rings. The van der Waals surface area contributed by atoms with E-state index in [1.165, 1.54) is 12.1 Å². The molecular weight excluding hydrogens is 428 g/mol. The number of amides is 1. The molecule has 1 aromatic heterocycles. The summed E-state index contributed by atoms with van der Waals surface area (Å²) >= 11 is 0. The highest BCUT2D eigenvalue weighted by atomic mass is 32.2. The molecule has 32 heavy (non-hydrogen) atoms. The molecule has 1 aromatic carbocycles. The molecule has 0 atom stereocenters. The van der Waals surface area contributed by atoms with Crippen LogP contribution in [0.15, 0.2) is 35.2 Å². The molecule has 3 N–H and O–H groups in total. The molecular formula is C22H32N6O3S. The zero-order valence-electron chi connectivity index (χ0n) is 19.1. The quantitative estimate of drug-likeness (QED) is 0.551. The fourth-order valence-electron chi connectivity index (χ4n) is 3.69. The second kappa shape index (κ2) is 10.3. The third-order valence-corrected chi connectivity index (χ3v) is 6.90. The van der Waals surface area contributed by atoms with E-state index in [0.717, 1.165) is 42.9 Å². The lowest BCUT2D eigenvalue weighted by atomic mass is 9.91. The molecule has 0 spiro atoms. The maximum absolute atomic E-state index is 12.3. The zero-order chi connectivity index (χ0) is 23.3. The number of hydrogen-bond donors (Lipinski definition) is 3. The number of hydrogen-bond acceptors (Lipinski definition) is 7. The number of nitrogens with one attached hydrogen (secondary N) is 3. The predicted octanol–water partition coefficient (Wildman–Crippen LogP) is 1.98. The van der Waals surface area contributed by atoms with Crippen molar-refractivity contribution in [1.29, 1.82) is 0 Å². The summed E-state index contributed by atoms with van der Waals surface area (Å²) in [6.45, 7) is 3.48. The number of anilines is 2. The van der Waals surface area contributed by atoms with Crippen molar-refractivity contribution >= 4 is 27.6 Å². The van der Waals surface area contributed by atoms with Gasteiger partial charge in [0.15, 0.2) is 0 Å². The van der Waals surface area contributed by atoms with Crippen molar-refractivity contribution in [3.05, 3.63) is 41.7 Å². The van der Waals surface area contributed by atoms with Gasteiger partial charge < -0.3 is 15.5 Å². The summed E-state index contributed by atoms with van der Waals surface area (Å²) in [5, 5.41) is 6.42. The van der Waals surface area contributed by atoms with Gasteiger partial charge in [-0.15, -0.1) is 0 Å². The topological polar surface area (TPSA) is 116 Å². The molecule has 9 nitrogen and oxygen atoms in total. The van der Waals surface area contributed by atoms with E-state index < -0.39 is 10.0 Å². The Morgan fingerprint density at radius 1 is 1.03 bits per heavy atom. The van der Waals surface area contributed by atoms with E-state index in [1.54, 1.807) is 12.1 Å². The Balaban J connectivity index is 1.45. The lowest BCUT2D eigenvalue weighted by molar-refractivity contribution is -0.120. The standard InChI is InChI=1S/C22H32N6O3S/c1-15-5-11-19(12-6-15)32(30,31)23-14-22(29)27-18-9-7-17(8-10-18)26-20-13-21(28(3)4)25-16(2)24-20/h5-6,11-13,17-18,23H,7-10,14H2,1-4H3,(H,27,29)(H,24,25,26). The average molecular weight is 461 g/mol. The van der Waals surface area contributed by atoms with E-state index >= 15 is 0 Å². The van der Waals surface area contributed by atoms with Gasteiger partial charge in [0.25, 0.3) is 0 Å². The molecule has 0 saturated heterocycles. The summed E-state index contributed by atoms with van der Waals surface area (Å²) in [7, 11) is 0.184. The van der Waals surface area contributed by atoms with Gasteiger partial charge in [0, 0.05) is 32.2 Å². The number of sulfonamides is 1. The first-order chi connectivity index (χ1) is 15.1. The summed E-state index contributed by atoms with van der Waals surface area (Å²) in [4.78, 5) is 23.3. The van der Waals surface area contributed by atoms with Crippen LogP contribution in [0.4, 0.5) is 11.6 Å². The second-order valence-electron chi connectivity index (χ2n) is 8.45. The van der Waals surface area contributed by atoms with Gasteiger partial charge in [-0.2, -0.15) is 0 Å². The minimum absolute atomic E-state index is 0.0360. The highest BCUT2D eigenvalue weighted by molar-refractivity contribution is 7.89. The van der Waals surface area contributed by atoms with Crippen LogP contribution in [0, 0.1) is 13.8 Å². The number of aryl methyl sites for hydroxylation is 2. The van der Waals surface area contributed by atoms with Gasteiger partial charge in [-0.3, -0.25) is 4.79 Å². The van der Waals surface area contributed by atoms with Gasteiger partial charge in [-0.05, 0) is 51.7 Å². The van der Waals surface area contributed by atoms with Crippen LogP contribution >= 0.6 is 0 Å². The molecule has 174 valence electrons. The summed E-state index contributed by atoms with van der Waals surface area (Å²) in [5.41, 5.74) is 0.972. The van der Waals surface area contributed by atoms with Gasteiger partial charge in [0.1, 0.15) is 17.5 Å². The molecule has 3 rings (SSSR count). The first-order valence-corrected chi connectivity index (χ1v) is 12.3. The van der Waals surface area contributed by atoms with Crippen LogP contribution in [0.25, 0.3) is 0 Å². The highest BCUT2D eigenvalue weighted by Crippen LogP contribution is 2.23. The minimum Gasteiger partial charge on any atom is -0.367 e. The van der Waals surface area contributed by atoms with Gasteiger partial charge in [-0.1, -0.05) is 17.7 Å². The van der Waals surface area contributed by atoms with E-state index in [4.69, 9.17) is 0 Å². The number of carbonyl (C=O) groups is 1. The van der Waals surface area contributed by atoms with Gasteiger partial charge in [-0.25, -0.2) is 23.1 Å². The monoisotopic (exact) mass is 460 g/mol. The van der Waals surface area contributed by atoms with Gasteiger partial charge in [0.05, 0.1) is 11.4 Å². The average Bonchev–Trinajstić information content (AvgIpc) is 2.74. The lowest BCUT2D eigenvalue weighted by Gasteiger charge is -2.30. The molecule has 0 unspecified atom stereocenters. The van der Waals surface area contributed by atoms with Crippen LogP contribution in [0.5, 0.6) is 0 Å². The summed E-state index contributed by atoms with van der Waals surface area (Å²) in [6, 6.07) is 8.76. The van der Waals surface area contributed by atoms with E-state index in [-0.39, 0.29) is 29.4 Å². The van der Waals surface area contributed by atoms with Gasteiger partial charge >= 0.3 is 0 Å². The molecule has 1 heterocycles. The Kier molecular flexibility index (Phi) is 7.68. The van der Waals surface area contributed by atoms with E-state index in [2.05, 4.69) is 25.3 Å². The highest BCUT2D eigenvalue weighted by Gasteiger charge is 2.23. The minimum atomic E-state index is -3.71. The maximum Gasteiger partial charge on any atom is 0.241 e. The Morgan fingerprint density at radius 3 is 2.28 bits per heavy atom. The van der Waals surface area contributed by atoms with Crippen molar-refractivity contribution in [3.8, 4) is 0 Å². The van der Waals surface area contributed by atoms with Crippen LogP contribution in [-0.4, -0.2) is 57.0 Å². The van der Waals surface area contributed by atoms with E-state index in [1.807, 2.05) is 38.9 Å². The van der Waals surface area contributed by atoms with Crippen LogP contribution in [0.1, 0.15) is 37.1 Å². The summed E-state index contributed by atoms with van der Waals surface area (Å²) < 4.78 is 27.0. The van der Waals surface area contributed by atoms with Crippen molar-refractivity contribution in [2.45, 2.75) is 56.5 Å². The third kappa shape index (κ3) is 6.64. The predicted molar refractivity (Wildman–Crippen MR) is 125 cm³/mol. The maximum atomic E-state index is 12.3. The molecule has 1 aliphatic carbocycles. The normalized spacial score (nSPS) is 18.8. The molecule has 0 radical (unpaired) electrons.